The third-order valence-electron chi connectivity index (χ3n) is 14.1. The van der Waals surface area contributed by atoms with E-state index in [-0.39, 0.29) is 42.5 Å². The Hall–Kier alpha value is -3.24. The van der Waals surface area contributed by atoms with Crippen molar-refractivity contribution in [1.29, 1.82) is 0 Å². The van der Waals surface area contributed by atoms with Crippen molar-refractivity contribution in [2.45, 2.75) is 167 Å². The number of cyclic esters (lactones) is 1. The quantitative estimate of drug-likeness (QED) is 0.245. The number of ether oxygens (including phenoxy) is 4. The molecule has 5 heterocycles. The highest BCUT2D eigenvalue weighted by Crippen LogP contribution is 2.47. The second-order valence-electron chi connectivity index (χ2n) is 19.2. The zero-order valence-electron chi connectivity index (χ0n) is 37.9. The minimum Gasteiger partial charge on any atom is -0.458 e. The molecule has 2 N–H and O–H groups in total. The maximum Gasteiger partial charge on any atom is 0.425 e. The lowest BCUT2D eigenvalue weighted by Gasteiger charge is -2.48. The topological polar surface area (TPSA) is 154 Å². The van der Waals surface area contributed by atoms with Crippen molar-refractivity contribution in [1.82, 2.24) is 24.8 Å². The average Bonchev–Trinajstić information content (AvgIpc) is 3.38. The molecule has 1 aromatic heterocycles. The minimum atomic E-state index is -1.64. The lowest BCUT2D eigenvalue weighted by atomic mass is 9.71. The normalized spacial score (nSPS) is 38.9. The first-order valence-corrected chi connectivity index (χ1v) is 22.2. The summed E-state index contributed by atoms with van der Waals surface area (Å²) < 4.78 is 25.5. The third-order valence-corrected chi connectivity index (χ3v) is 14.1. The fourth-order valence-electron chi connectivity index (χ4n) is 11.1. The summed E-state index contributed by atoms with van der Waals surface area (Å²) in [7, 11) is 3.78. The molecule has 60 heavy (non-hydrogen) atoms. The number of hydrogen-bond acceptors (Lipinski definition) is 13. The van der Waals surface area contributed by atoms with Crippen LogP contribution < -0.4 is 0 Å². The fourth-order valence-corrected chi connectivity index (χ4v) is 11.1. The Balaban J connectivity index is 1.41. The summed E-state index contributed by atoms with van der Waals surface area (Å²) in [5.74, 6) is -3.89. The smallest absolute Gasteiger partial charge is 0.425 e. The van der Waals surface area contributed by atoms with Crippen molar-refractivity contribution in [3.05, 3.63) is 42.1 Å². The minimum absolute atomic E-state index is 0.0288. The Kier molecular flexibility index (Phi) is 14.1. The largest absolute Gasteiger partial charge is 0.458 e. The number of nitrogens with zero attached hydrogens (tertiary/aromatic N) is 5. The van der Waals surface area contributed by atoms with E-state index in [0.29, 0.717) is 26.1 Å². The van der Waals surface area contributed by atoms with Gasteiger partial charge in [-0.2, -0.15) is 0 Å². The van der Waals surface area contributed by atoms with Gasteiger partial charge in [0.2, 0.25) is 0 Å². The number of fused-ring (bicyclic) bond motifs is 2. The molecule has 1 aromatic carbocycles. The Morgan fingerprint density at radius 2 is 1.75 bits per heavy atom. The van der Waals surface area contributed by atoms with Gasteiger partial charge in [0, 0.05) is 42.2 Å². The number of hydrogen-bond donors (Lipinski definition) is 2. The maximum absolute atomic E-state index is 14.4. The standard InChI is InChI=1S/C46H71N5O9/c1-13-36-46(10)40-29(6)37(50(26(2)3)25-49(51(40)44(55)60-46)22-16-17-32-20-21-47-34-19-15-14-18-33(32)34)27(4)24-45(9,56)41(30(7)38(52)31(8)42(54)58-36)59-43-39(53)35(48(11)12)23-28(5)57-43/h14-15,18-21,26-31,35-37,39-41,43,53,56H,13,16-17,22-25H2,1-12H3/t27-,28-,29-,30+,31-,35+,36+,37?,39-,40-,41-,43+,45+,46-/m1/s1. The van der Waals surface area contributed by atoms with Crippen LogP contribution in [-0.2, 0) is 35.0 Å². The summed E-state index contributed by atoms with van der Waals surface area (Å²) in [5, 5.41) is 29.3. The van der Waals surface area contributed by atoms with Gasteiger partial charge >= 0.3 is 12.1 Å². The van der Waals surface area contributed by atoms with Gasteiger partial charge in [0.1, 0.15) is 18.1 Å². The summed E-state index contributed by atoms with van der Waals surface area (Å²) in [4.78, 5) is 51.8. The van der Waals surface area contributed by atoms with Crippen molar-refractivity contribution in [2.24, 2.45) is 23.7 Å². The number of aliphatic hydroxyl groups is 2. The predicted molar refractivity (Wildman–Crippen MR) is 227 cm³/mol. The second kappa shape index (κ2) is 18.2. The van der Waals surface area contributed by atoms with Crippen molar-refractivity contribution in [2.75, 3.05) is 27.3 Å². The molecule has 0 radical (unpaired) electrons. The highest BCUT2D eigenvalue weighted by molar-refractivity contribution is 6.00. The Labute approximate surface area is 356 Å². The summed E-state index contributed by atoms with van der Waals surface area (Å²) in [6.45, 7) is 20.0. The number of para-hydroxylation sites is 1. The molecular formula is C46H71N5O9. The molecule has 14 heteroatoms. The molecular weight excluding hydrogens is 767 g/mol. The number of esters is 1. The number of Topliss-reactive ketones (excluding diaryl/α,β-unsaturated/α-hetero) is 1. The number of rotatable bonds is 9. The van der Waals surface area contributed by atoms with Crippen molar-refractivity contribution in [3.63, 3.8) is 0 Å². The Morgan fingerprint density at radius 1 is 1.05 bits per heavy atom. The summed E-state index contributed by atoms with van der Waals surface area (Å²) >= 11 is 0. The van der Waals surface area contributed by atoms with Crippen molar-refractivity contribution >= 4 is 28.7 Å². The highest BCUT2D eigenvalue weighted by Gasteiger charge is 2.63. The van der Waals surface area contributed by atoms with Gasteiger partial charge in [-0.15, -0.1) is 0 Å². The van der Waals surface area contributed by atoms with Crippen LogP contribution in [0.4, 0.5) is 4.79 Å². The number of hydrazine groups is 1. The van der Waals surface area contributed by atoms with E-state index in [2.05, 4.69) is 54.7 Å². The molecule has 6 rings (SSSR count). The molecule has 4 aliphatic heterocycles. The van der Waals surface area contributed by atoms with Gasteiger partial charge in [0.25, 0.3) is 0 Å². The number of pyridine rings is 1. The van der Waals surface area contributed by atoms with Crippen LogP contribution in [-0.4, -0.2) is 146 Å². The van der Waals surface area contributed by atoms with E-state index in [1.165, 1.54) is 12.5 Å². The van der Waals surface area contributed by atoms with Crippen LogP contribution in [0, 0.1) is 23.7 Å². The number of aryl methyl sites for hydroxylation is 1. The van der Waals surface area contributed by atoms with Crippen molar-refractivity contribution in [3.8, 4) is 0 Å². The van der Waals surface area contributed by atoms with Gasteiger partial charge in [-0.1, -0.05) is 45.9 Å². The summed E-state index contributed by atoms with van der Waals surface area (Å²) in [6, 6.07) is 9.12. The number of carbonyl (C=O) groups is 3. The number of benzene rings is 1. The molecule has 14 atom stereocenters. The van der Waals surface area contributed by atoms with Crippen LogP contribution in [0.3, 0.4) is 0 Å². The molecule has 4 aliphatic rings. The highest BCUT2D eigenvalue weighted by atomic mass is 16.7. The first-order chi connectivity index (χ1) is 28.2. The van der Waals surface area contributed by atoms with Crippen LogP contribution in [0.1, 0.15) is 100 Å². The third kappa shape index (κ3) is 8.85. The molecule has 2 aromatic rings. The number of likely N-dealkylation sites (N-methyl/N-ethyl adjacent to an activating group) is 1. The Bertz CT molecular complexity index is 1840. The molecule has 0 spiro atoms. The second-order valence-corrected chi connectivity index (χ2v) is 19.2. The first-order valence-electron chi connectivity index (χ1n) is 22.2. The molecule has 1 amide bonds. The molecule has 1 unspecified atom stereocenters. The number of ketones is 1. The van der Waals surface area contributed by atoms with E-state index >= 15 is 0 Å². The van der Waals surface area contributed by atoms with Crippen LogP contribution in [0.5, 0.6) is 0 Å². The lowest BCUT2D eigenvalue weighted by molar-refractivity contribution is -0.293. The summed E-state index contributed by atoms with van der Waals surface area (Å²) in [5.41, 5.74) is -0.794. The summed E-state index contributed by atoms with van der Waals surface area (Å²) in [6.07, 6.45) is -0.518. The monoisotopic (exact) mass is 838 g/mol. The number of aliphatic hydroxyl groups excluding tert-OH is 1. The van der Waals surface area contributed by atoms with Gasteiger partial charge in [0.15, 0.2) is 17.7 Å². The van der Waals surface area contributed by atoms with Gasteiger partial charge in [0.05, 0.1) is 36.0 Å². The molecule has 14 nitrogen and oxygen atoms in total. The first kappa shape index (κ1) is 46.3. The number of carbonyl (C=O) groups excluding carboxylic acids is 3. The Morgan fingerprint density at radius 3 is 2.42 bits per heavy atom. The van der Waals surface area contributed by atoms with E-state index in [1.54, 1.807) is 18.9 Å². The zero-order chi connectivity index (χ0) is 44.0. The van der Waals surface area contributed by atoms with E-state index in [9.17, 15) is 24.6 Å². The van der Waals surface area contributed by atoms with Gasteiger partial charge in [-0.3, -0.25) is 19.5 Å². The fraction of sp³-hybridized carbons (Fsp3) is 0.739. The van der Waals surface area contributed by atoms with Gasteiger partial charge in [-0.05, 0) is 117 Å². The van der Waals surface area contributed by atoms with Gasteiger partial charge < -0.3 is 34.1 Å². The van der Waals surface area contributed by atoms with E-state index in [4.69, 9.17) is 18.9 Å². The SMILES string of the molecule is CC[C@@H]1OC(=O)[C@H](C)C(=O)[C@H](C)[C@@H](O[C@@H]2O[C@H](C)C[C@H](N(C)C)[C@H]2O)[C@@](C)(O)C[C@@H](C)C2[C@@H](C)[C@H]3N(C(=O)O[C@]13C)N(CCCc1ccnc3ccccc13)CN2C(C)C. The molecule has 0 saturated carbocycles. The van der Waals surface area contributed by atoms with E-state index < -0.39 is 71.5 Å². The lowest BCUT2D eigenvalue weighted by Crippen LogP contribution is -2.61. The van der Waals surface area contributed by atoms with Crippen molar-refractivity contribution < 1.29 is 43.5 Å². The molecule has 2 bridgehead atoms. The molecule has 4 fully saturated rings. The number of amides is 1. The van der Waals surface area contributed by atoms with Crippen LogP contribution in [0.2, 0.25) is 0 Å². The van der Waals surface area contributed by atoms with Gasteiger partial charge in [-0.25, -0.2) is 14.8 Å². The molecule has 0 aliphatic carbocycles. The molecule has 334 valence electrons. The zero-order valence-corrected chi connectivity index (χ0v) is 37.9. The number of aromatic nitrogens is 1. The maximum atomic E-state index is 14.4. The van der Waals surface area contributed by atoms with Crippen LogP contribution >= 0.6 is 0 Å². The van der Waals surface area contributed by atoms with Crippen LogP contribution in [0.25, 0.3) is 10.9 Å². The van der Waals surface area contributed by atoms with E-state index in [0.717, 1.165) is 23.7 Å². The van der Waals surface area contributed by atoms with Crippen LogP contribution in [0.15, 0.2) is 36.5 Å². The molecule has 4 saturated heterocycles. The van der Waals surface area contributed by atoms with E-state index in [1.807, 2.05) is 64.2 Å². The average molecular weight is 838 g/mol. The predicted octanol–water partition coefficient (Wildman–Crippen LogP) is 5.42.